The summed E-state index contributed by atoms with van der Waals surface area (Å²) in [6.45, 7) is 3.17. The minimum atomic E-state index is -0.693. The number of benzene rings is 1. The van der Waals surface area contributed by atoms with Gasteiger partial charge in [-0.15, -0.1) is 0 Å². The molecule has 0 saturated heterocycles. The lowest BCUT2D eigenvalue weighted by atomic mass is 10.0. The molecule has 1 aromatic carbocycles. The average Bonchev–Trinajstić information content (AvgIpc) is 2.64. The van der Waals surface area contributed by atoms with Crippen LogP contribution in [0.4, 0.5) is 4.79 Å². The molecule has 2 rings (SSSR count). The summed E-state index contributed by atoms with van der Waals surface area (Å²) in [5.74, 6) is -0.682. The van der Waals surface area contributed by atoms with Gasteiger partial charge in [0, 0.05) is 0 Å². The Balaban J connectivity index is 2.24. The zero-order valence-electron chi connectivity index (χ0n) is 15.6. The van der Waals surface area contributed by atoms with Crippen LogP contribution in [0.3, 0.4) is 0 Å². The van der Waals surface area contributed by atoms with Crippen molar-refractivity contribution in [3.05, 3.63) is 35.0 Å². The molecular weight excluding hydrogens is 356 g/mol. The third-order valence-electron chi connectivity index (χ3n) is 3.84. The molecule has 0 bridgehead atoms. The molecule has 0 spiro atoms. The number of methoxy groups -OCH3 is 2. The molecular formula is C18H22N2O7. The van der Waals surface area contributed by atoms with Crippen molar-refractivity contribution in [1.82, 2.24) is 10.6 Å². The molecule has 1 aromatic rings. The number of carbonyl (C=O) groups is 3. The summed E-state index contributed by atoms with van der Waals surface area (Å²) in [4.78, 5) is 36.4. The highest BCUT2D eigenvalue weighted by Crippen LogP contribution is 2.31. The van der Waals surface area contributed by atoms with Crippen molar-refractivity contribution in [2.45, 2.75) is 19.9 Å². The van der Waals surface area contributed by atoms with Crippen molar-refractivity contribution in [3.63, 3.8) is 0 Å². The largest absolute Gasteiger partial charge is 0.493 e. The van der Waals surface area contributed by atoms with E-state index >= 15 is 0 Å². The van der Waals surface area contributed by atoms with Gasteiger partial charge >= 0.3 is 18.0 Å². The Morgan fingerprint density at radius 1 is 1.11 bits per heavy atom. The van der Waals surface area contributed by atoms with Gasteiger partial charge in [0.05, 0.1) is 38.1 Å². The van der Waals surface area contributed by atoms with E-state index < -0.39 is 24.0 Å². The molecule has 0 unspecified atom stereocenters. The van der Waals surface area contributed by atoms with E-state index in [2.05, 4.69) is 10.6 Å². The van der Waals surface area contributed by atoms with Crippen LogP contribution in [0.15, 0.2) is 29.5 Å². The van der Waals surface area contributed by atoms with Gasteiger partial charge in [-0.1, -0.05) is 6.07 Å². The zero-order valence-corrected chi connectivity index (χ0v) is 15.6. The molecule has 146 valence electrons. The second kappa shape index (κ2) is 8.93. The molecule has 0 radical (unpaired) electrons. The summed E-state index contributed by atoms with van der Waals surface area (Å²) in [6.07, 6.45) is 0. The van der Waals surface area contributed by atoms with Crippen LogP contribution >= 0.6 is 0 Å². The number of rotatable bonds is 7. The second-order valence-electron chi connectivity index (χ2n) is 5.55. The summed E-state index contributed by atoms with van der Waals surface area (Å²) >= 11 is 0. The quantitative estimate of drug-likeness (QED) is 0.689. The minimum absolute atomic E-state index is 0.156. The van der Waals surface area contributed by atoms with Gasteiger partial charge in [0.15, 0.2) is 11.5 Å². The zero-order chi connectivity index (χ0) is 20.0. The Kier molecular flexibility index (Phi) is 6.64. The van der Waals surface area contributed by atoms with Crippen molar-refractivity contribution in [1.29, 1.82) is 0 Å². The first-order chi connectivity index (χ1) is 12.9. The maximum Gasteiger partial charge on any atom is 0.342 e. The predicted molar refractivity (Wildman–Crippen MR) is 94.6 cm³/mol. The van der Waals surface area contributed by atoms with E-state index in [-0.39, 0.29) is 35.8 Å². The van der Waals surface area contributed by atoms with Crippen LogP contribution in [-0.2, 0) is 14.3 Å². The number of nitrogens with one attached hydrogen (secondary N) is 2. The highest BCUT2D eigenvalue weighted by Gasteiger charge is 2.30. The van der Waals surface area contributed by atoms with Crippen molar-refractivity contribution >= 4 is 18.0 Å². The fourth-order valence-corrected chi connectivity index (χ4v) is 2.66. The molecule has 9 nitrogen and oxygen atoms in total. The van der Waals surface area contributed by atoms with Gasteiger partial charge in [-0.2, -0.15) is 0 Å². The first-order valence-corrected chi connectivity index (χ1v) is 8.28. The van der Waals surface area contributed by atoms with E-state index in [1.807, 2.05) is 0 Å². The number of amides is 2. The molecule has 27 heavy (non-hydrogen) atoms. The van der Waals surface area contributed by atoms with E-state index in [0.717, 1.165) is 0 Å². The topological polar surface area (TPSA) is 112 Å². The SMILES string of the molecule is CCOC(=O)C1=C(COC(=O)c2cccc(OC)c2OC)NC(=O)N[C@@H]1C. The Bertz CT molecular complexity index is 773. The highest BCUT2D eigenvalue weighted by molar-refractivity contribution is 5.96. The van der Waals surface area contributed by atoms with Crippen LogP contribution in [0.5, 0.6) is 11.5 Å². The van der Waals surface area contributed by atoms with Gasteiger partial charge in [-0.3, -0.25) is 0 Å². The Hall–Kier alpha value is -3.23. The molecule has 1 atom stereocenters. The average molecular weight is 378 g/mol. The highest BCUT2D eigenvalue weighted by atomic mass is 16.5. The number of para-hydroxylation sites is 1. The number of hydrogen-bond acceptors (Lipinski definition) is 7. The lowest BCUT2D eigenvalue weighted by Gasteiger charge is -2.26. The third-order valence-corrected chi connectivity index (χ3v) is 3.84. The standard InChI is InChI=1S/C18H22N2O7/c1-5-26-17(22)14-10(2)19-18(23)20-12(14)9-27-16(21)11-7-6-8-13(24-3)15(11)25-4/h6-8,10H,5,9H2,1-4H3,(H2,19,20,23)/t10-/m1/s1. The van der Waals surface area contributed by atoms with Crippen molar-refractivity contribution < 1.29 is 33.3 Å². The maximum absolute atomic E-state index is 12.5. The number of carbonyl (C=O) groups excluding carboxylic acids is 3. The number of ether oxygens (including phenoxy) is 4. The van der Waals surface area contributed by atoms with Crippen molar-refractivity contribution in [3.8, 4) is 11.5 Å². The first kappa shape index (κ1) is 20.1. The van der Waals surface area contributed by atoms with Crippen LogP contribution < -0.4 is 20.1 Å². The Morgan fingerprint density at radius 2 is 1.85 bits per heavy atom. The molecule has 2 N–H and O–H groups in total. The molecule has 0 aromatic heterocycles. The predicted octanol–water partition coefficient (Wildman–Crippen LogP) is 1.38. The molecule has 1 aliphatic heterocycles. The van der Waals surface area contributed by atoms with Crippen LogP contribution in [0.1, 0.15) is 24.2 Å². The lowest BCUT2D eigenvalue weighted by molar-refractivity contribution is -0.139. The van der Waals surface area contributed by atoms with E-state index in [4.69, 9.17) is 18.9 Å². The van der Waals surface area contributed by atoms with E-state index in [1.54, 1.807) is 26.0 Å². The van der Waals surface area contributed by atoms with Crippen molar-refractivity contribution in [2.75, 3.05) is 27.4 Å². The summed E-state index contributed by atoms with van der Waals surface area (Å²) in [5, 5.41) is 5.06. The number of esters is 2. The maximum atomic E-state index is 12.5. The van der Waals surface area contributed by atoms with Crippen LogP contribution in [0, 0.1) is 0 Å². The van der Waals surface area contributed by atoms with Gasteiger partial charge in [0.2, 0.25) is 0 Å². The summed E-state index contributed by atoms with van der Waals surface area (Å²) < 4.78 is 20.7. The summed E-state index contributed by atoms with van der Waals surface area (Å²) in [5.41, 5.74) is 0.519. The Morgan fingerprint density at radius 3 is 2.48 bits per heavy atom. The minimum Gasteiger partial charge on any atom is -0.493 e. The first-order valence-electron chi connectivity index (χ1n) is 8.28. The normalized spacial score (nSPS) is 16.1. The number of urea groups is 1. The third kappa shape index (κ3) is 4.49. The van der Waals surface area contributed by atoms with E-state index in [9.17, 15) is 14.4 Å². The Labute approximate surface area is 156 Å². The molecule has 0 saturated carbocycles. The van der Waals surface area contributed by atoms with Gasteiger partial charge < -0.3 is 29.6 Å². The van der Waals surface area contributed by atoms with E-state index in [1.165, 1.54) is 20.3 Å². The molecule has 1 aliphatic rings. The summed E-state index contributed by atoms with van der Waals surface area (Å²) in [6, 6.07) is 3.70. The van der Waals surface area contributed by atoms with Crippen molar-refractivity contribution in [2.24, 2.45) is 0 Å². The fraction of sp³-hybridized carbons (Fsp3) is 0.389. The second-order valence-corrected chi connectivity index (χ2v) is 5.55. The van der Waals surface area contributed by atoms with Crippen LogP contribution in [0.2, 0.25) is 0 Å². The van der Waals surface area contributed by atoms with Gasteiger partial charge in [0.25, 0.3) is 0 Å². The summed E-state index contributed by atoms with van der Waals surface area (Å²) in [7, 11) is 2.86. The van der Waals surface area contributed by atoms with Crippen LogP contribution in [-0.4, -0.2) is 51.4 Å². The molecule has 9 heteroatoms. The van der Waals surface area contributed by atoms with Gasteiger partial charge in [-0.05, 0) is 26.0 Å². The van der Waals surface area contributed by atoms with Gasteiger partial charge in [0.1, 0.15) is 12.2 Å². The smallest absolute Gasteiger partial charge is 0.342 e. The fourth-order valence-electron chi connectivity index (χ4n) is 2.66. The van der Waals surface area contributed by atoms with Gasteiger partial charge in [-0.25, -0.2) is 14.4 Å². The molecule has 0 fully saturated rings. The lowest BCUT2D eigenvalue weighted by Crippen LogP contribution is -2.50. The molecule has 1 heterocycles. The molecule has 0 aliphatic carbocycles. The number of hydrogen-bond donors (Lipinski definition) is 2. The van der Waals surface area contributed by atoms with E-state index in [0.29, 0.717) is 5.75 Å². The van der Waals surface area contributed by atoms with Crippen LogP contribution in [0.25, 0.3) is 0 Å². The monoisotopic (exact) mass is 378 g/mol. The molecule has 2 amide bonds.